The molecule has 0 bridgehead atoms. The van der Waals surface area contributed by atoms with E-state index in [1.807, 2.05) is 0 Å². The third-order valence-electron chi connectivity index (χ3n) is 2.76. The highest BCUT2D eigenvalue weighted by molar-refractivity contribution is 5.30. The SMILES string of the molecule is Oc1c(F)cc(CC2CCNC2)cc1F. The fraction of sp³-hybridized carbons (Fsp3) is 0.455. The van der Waals surface area contributed by atoms with Gasteiger partial charge < -0.3 is 10.4 Å². The van der Waals surface area contributed by atoms with Gasteiger partial charge in [0.1, 0.15) is 0 Å². The van der Waals surface area contributed by atoms with Gasteiger partial charge in [0.15, 0.2) is 17.4 Å². The summed E-state index contributed by atoms with van der Waals surface area (Å²) in [6.07, 6.45) is 1.69. The van der Waals surface area contributed by atoms with E-state index in [0.717, 1.165) is 19.5 Å². The van der Waals surface area contributed by atoms with Crippen molar-refractivity contribution < 1.29 is 13.9 Å². The van der Waals surface area contributed by atoms with Gasteiger partial charge in [0, 0.05) is 0 Å². The average molecular weight is 213 g/mol. The quantitative estimate of drug-likeness (QED) is 0.785. The monoisotopic (exact) mass is 213 g/mol. The minimum Gasteiger partial charge on any atom is -0.503 e. The van der Waals surface area contributed by atoms with Gasteiger partial charge in [0.2, 0.25) is 0 Å². The summed E-state index contributed by atoms with van der Waals surface area (Å²) >= 11 is 0. The molecule has 0 radical (unpaired) electrons. The number of hydrogen-bond acceptors (Lipinski definition) is 2. The van der Waals surface area contributed by atoms with Crippen LogP contribution in [0.1, 0.15) is 12.0 Å². The van der Waals surface area contributed by atoms with Crippen LogP contribution in [0.3, 0.4) is 0 Å². The number of hydrogen-bond donors (Lipinski definition) is 2. The predicted molar refractivity (Wildman–Crippen MR) is 52.7 cm³/mol. The molecule has 2 rings (SSSR count). The normalized spacial score (nSPS) is 20.8. The molecule has 1 fully saturated rings. The first-order valence-electron chi connectivity index (χ1n) is 5.04. The van der Waals surface area contributed by atoms with E-state index < -0.39 is 17.4 Å². The van der Waals surface area contributed by atoms with Crippen molar-refractivity contribution in [1.82, 2.24) is 5.32 Å². The third-order valence-corrected chi connectivity index (χ3v) is 2.76. The lowest BCUT2D eigenvalue weighted by Gasteiger charge is -2.09. The molecule has 1 heterocycles. The Hall–Kier alpha value is -1.16. The number of halogens is 2. The summed E-state index contributed by atoms with van der Waals surface area (Å²) in [5.74, 6) is -2.21. The molecule has 1 unspecified atom stereocenters. The van der Waals surface area contributed by atoms with Crippen molar-refractivity contribution in [2.45, 2.75) is 12.8 Å². The van der Waals surface area contributed by atoms with Crippen molar-refractivity contribution in [3.63, 3.8) is 0 Å². The molecule has 0 spiro atoms. The van der Waals surface area contributed by atoms with Crippen LogP contribution in [0.15, 0.2) is 12.1 Å². The first kappa shape index (κ1) is 10.4. The van der Waals surface area contributed by atoms with Crippen molar-refractivity contribution >= 4 is 0 Å². The Morgan fingerprint density at radius 2 is 2.00 bits per heavy atom. The molecule has 1 aliphatic rings. The molecule has 15 heavy (non-hydrogen) atoms. The minimum atomic E-state index is -0.886. The molecule has 1 saturated heterocycles. The molecule has 1 aromatic carbocycles. The molecule has 2 N–H and O–H groups in total. The molecule has 0 amide bonds. The van der Waals surface area contributed by atoms with Gasteiger partial charge in [0.05, 0.1) is 0 Å². The van der Waals surface area contributed by atoms with Gasteiger partial charge in [-0.15, -0.1) is 0 Å². The zero-order valence-corrected chi connectivity index (χ0v) is 8.26. The maximum absolute atomic E-state index is 13.0. The maximum Gasteiger partial charge on any atom is 0.187 e. The zero-order valence-electron chi connectivity index (χ0n) is 8.26. The van der Waals surface area contributed by atoms with Gasteiger partial charge in [-0.1, -0.05) is 0 Å². The Labute approximate surface area is 86.9 Å². The standard InChI is InChI=1S/C11H13F2NO/c12-9-4-8(5-10(13)11(9)15)3-7-1-2-14-6-7/h4-5,7,14-15H,1-3,6H2. The van der Waals surface area contributed by atoms with E-state index in [0.29, 0.717) is 17.9 Å². The number of rotatable bonds is 2. The first-order chi connectivity index (χ1) is 7.16. The lowest BCUT2D eigenvalue weighted by molar-refractivity contribution is 0.394. The number of phenols is 1. The fourth-order valence-corrected chi connectivity index (χ4v) is 1.96. The van der Waals surface area contributed by atoms with Crippen LogP contribution in [0.2, 0.25) is 0 Å². The van der Waals surface area contributed by atoms with Crippen LogP contribution < -0.4 is 5.32 Å². The second kappa shape index (κ2) is 4.14. The van der Waals surface area contributed by atoms with Crippen LogP contribution in [-0.4, -0.2) is 18.2 Å². The summed E-state index contributed by atoms with van der Waals surface area (Å²) in [6, 6.07) is 2.41. The summed E-state index contributed by atoms with van der Waals surface area (Å²) in [5.41, 5.74) is 0.608. The molecule has 1 aliphatic heterocycles. The summed E-state index contributed by atoms with van der Waals surface area (Å²) in [7, 11) is 0. The van der Waals surface area contributed by atoms with Crippen LogP contribution >= 0.6 is 0 Å². The Morgan fingerprint density at radius 1 is 1.33 bits per heavy atom. The summed E-state index contributed by atoms with van der Waals surface area (Å²) in [5, 5.41) is 12.1. The van der Waals surface area contributed by atoms with E-state index in [9.17, 15) is 8.78 Å². The summed E-state index contributed by atoms with van der Waals surface area (Å²) < 4.78 is 26.0. The lowest BCUT2D eigenvalue weighted by atomic mass is 9.98. The van der Waals surface area contributed by atoms with Crippen molar-refractivity contribution in [3.05, 3.63) is 29.3 Å². The molecule has 0 saturated carbocycles. The van der Waals surface area contributed by atoms with Gasteiger partial charge in [-0.2, -0.15) is 0 Å². The highest BCUT2D eigenvalue weighted by Gasteiger charge is 2.17. The zero-order chi connectivity index (χ0) is 10.8. The van der Waals surface area contributed by atoms with E-state index in [4.69, 9.17) is 5.11 Å². The predicted octanol–water partition coefficient (Wildman–Crippen LogP) is 1.82. The van der Waals surface area contributed by atoms with Crippen LogP contribution in [0, 0.1) is 17.6 Å². The highest BCUT2D eigenvalue weighted by atomic mass is 19.1. The number of phenolic OH excluding ortho intramolecular Hbond substituents is 1. The van der Waals surface area contributed by atoms with Gasteiger partial charge in [-0.05, 0) is 49.5 Å². The van der Waals surface area contributed by atoms with Crippen LogP contribution in [0.4, 0.5) is 8.78 Å². The summed E-state index contributed by atoms with van der Waals surface area (Å²) in [6.45, 7) is 1.86. The Morgan fingerprint density at radius 3 is 2.53 bits per heavy atom. The smallest absolute Gasteiger partial charge is 0.187 e. The van der Waals surface area contributed by atoms with Crippen molar-refractivity contribution in [3.8, 4) is 5.75 Å². The Kier molecular flexibility index (Phi) is 2.86. The number of nitrogens with one attached hydrogen (secondary N) is 1. The second-order valence-corrected chi connectivity index (χ2v) is 3.97. The second-order valence-electron chi connectivity index (χ2n) is 3.97. The minimum absolute atomic E-state index is 0.438. The molecule has 4 heteroatoms. The lowest BCUT2D eigenvalue weighted by Crippen LogP contribution is -2.11. The molecular weight excluding hydrogens is 200 g/mol. The summed E-state index contributed by atoms with van der Waals surface area (Å²) in [4.78, 5) is 0. The van der Waals surface area contributed by atoms with E-state index in [1.165, 1.54) is 12.1 Å². The van der Waals surface area contributed by atoms with Gasteiger partial charge >= 0.3 is 0 Å². The van der Waals surface area contributed by atoms with Crippen LogP contribution in [0.5, 0.6) is 5.75 Å². The topological polar surface area (TPSA) is 32.3 Å². The Bertz CT molecular complexity index is 339. The largest absolute Gasteiger partial charge is 0.503 e. The third kappa shape index (κ3) is 2.26. The van der Waals surface area contributed by atoms with E-state index >= 15 is 0 Å². The van der Waals surface area contributed by atoms with E-state index in [2.05, 4.69) is 5.32 Å². The van der Waals surface area contributed by atoms with Crippen molar-refractivity contribution in [2.24, 2.45) is 5.92 Å². The highest BCUT2D eigenvalue weighted by Crippen LogP contribution is 2.24. The van der Waals surface area contributed by atoms with Gasteiger partial charge in [0.25, 0.3) is 0 Å². The molecule has 2 nitrogen and oxygen atoms in total. The van der Waals surface area contributed by atoms with Gasteiger partial charge in [-0.25, -0.2) is 8.78 Å². The van der Waals surface area contributed by atoms with Crippen molar-refractivity contribution in [1.29, 1.82) is 0 Å². The molecular formula is C11H13F2NO. The number of aromatic hydroxyl groups is 1. The average Bonchev–Trinajstić information content (AvgIpc) is 2.66. The molecule has 1 aromatic rings. The van der Waals surface area contributed by atoms with E-state index in [-0.39, 0.29) is 0 Å². The molecule has 1 atom stereocenters. The van der Waals surface area contributed by atoms with Crippen LogP contribution in [-0.2, 0) is 6.42 Å². The fourth-order valence-electron chi connectivity index (χ4n) is 1.96. The van der Waals surface area contributed by atoms with Crippen molar-refractivity contribution in [2.75, 3.05) is 13.1 Å². The maximum atomic E-state index is 13.0. The van der Waals surface area contributed by atoms with E-state index in [1.54, 1.807) is 0 Å². The molecule has 0 aromatic heterocycles. The Balaban J connectivity index is 2.14. The first-order valence-corrected chi connectivity index (χ1v) is 5.04. The van der Waals surface area contributed by atoms with Crippen LogP contribution in [0.25, 0.3) is 0 Å². The molecule has 0 aliphatic carbocycles. The van der Waals surface area contributed by atoms with Gasteiger partial charge in [-0.3, -0.25) is 0 Å². The molecule has 82 valence electrons. The number of benzene rings is 1.